The smallest absolute Gasteiger partial charge is 0.417 e. The third-order valence-electron chi connectivity index (χ3n) is 16.5. The first kappa shape index (κ1) is 58.4. The first-order chi connectivity index (χ1) is 41.4. The van der Waals surface area contributed by atoms with Crippen LogP contribution in [0.4, 0.5) is 28.4 Å². The van der Waals surface area contributed by atoms with Gasteiger partial charge in [0, 0.05) is 83.5 Å². The number of nitriles is 1. The summed E-state index contributed by atoms with van der Waals surface area (Å²) in [6, 6.07) is 24.0. The summed E-state index contributed by atoms with van der Waals surface area (Å²) in [5.74, 6) is -2.22. The van der Waals surface area contributed by atoms with Gasteiger partial charge in [-0.3, -0.25) is 9.59 Å². The molecule has 2 bridgehead atoms. The number of nitrogens with two attached hydrogens (primary N) is 1. The van der Waals surface area contributed by atoms with Gasteiger partial charge in [0.1, 0.15) is 58.7 Å². The molecule has 6 atom stereocenters. The normalized spacial score (nSPS) is 19.7. The van der Waals surface area contributed by atoms with E-state index >= 15 is 17.6 Å². The van der Waals surface area contributed by atoms with Crippen LogP contribution in [-0.4, -0.2) is 122 Å². The number of hydrogen-bond donors (Lipinski definition) is 5. The summed E-state index contributed by atoms with van der Waals surface area (Å²) < 4.78 is 83.8. The zero-order valence-electron chi connectivity index (χ0n) is 46.7. The zero-order valence-corrected chi connectivity index (χ0v) is 48.3. The lowest BCUT2D eigenvalue weighted by Crippen LogP contribution is -2.51. The van der Waals surface area contributed by atoms with Gasteiger partial charge in [0.15, 0.2) is 5.75 Å². The minimum Gasteiger partial charge on any atom is -0.486 e. The maximum atomic E-state index is 16.0. The molecule has 12 rings (SSSR count). The standard InChI is InChI=1S/C62H60ClF4N11O7S/c1-32(2)54(60(82)77-28-39(80)23-50(77)59(81)71-49(30-79)36-13-11-34(12-14-36)41-5-3-4-6-46(41)63)78-29-48(74-75-78)35-9-7-33(8-10-35)31-84-55-52(42-17-18-47(64)56-51(42)44(25-68)57(69)86-56)45(62(65,66)67)24-43-53(55)72-61(85-40-19-21-83-22-20-40)73-58(43)76-26-37-15-16-38(27-76)70-37/h3-14,17-18,24,29,32,37-40,49-50,54,70,79-80H,15-16,19-23,26-28,30-31,69H2,1-2H3,(H,71,81)/t37?,38?,39-,49+,50+,54+/m1/s1. The van der Waals surface area contributed by atoms with E-state index in [-0.39, 0.29) is 98.4 Å². The Hall–Kier alpha value is -7.98. The highest BCUT2D eigenvalue weighted by Gasteiger charge is 2.44. The van der Waals surface area contributed by atoms with Crippen molar-refractivity contribution >= 4 is 66.6 Å². The summed E-state index contributed by atoms with van der Waals surface area (Å²) in [6.07, 6.45) is -1.98. The van der Waals surface area contributed by atoms with Gasteiger partial charge in [-0.05, 0) is 59.2 Å². The lowest BCUT2D eigenvalue weighted by atomic mass is 9.92. The quantitative estimate of drug-likeness (QED) is 0.0566. The highest BCUT2D eigenvalue weighted by Crippen LogP contribution is 2.52. The average molecular weight is 1210 g/mol. The molecule has 2 amide bonds. The largest absolute Gasteiger partial charge is 0.486 e. The molecule has 2 unspecified atom stereocenters. The molecule has 0 saturated carbocycles. The Morgan fingerprint density at radius 1 is 0.965 bits per heavy atom. The molecule has 6 N–H and O–H groups in total. The average Bonchev–Trinajstić information content (AvgIpc) is 1.38. The van der Waals surface area contributed by atoms with Crippen molar-refractivity contribution in [3.8, 4) is 51.3 Å². The highest BCUT2D eigenvalue weighted by atomic mass is 35.5. The number of fused-ring (bicyclic) bond motifs is 4. The summed E-state index contributed by atoms with van der Waals surface area (Å²) in [5.41, 5.74) is 8.09. The number of aliphatic hydroxyl groups is 2. The second-order valence-corrected chi connectivity index (χ2v) is 24.0. The van der Waals surface area contributed by atoms with Crippen LogP contribution in [0, 0.1) is 23.1 Å². The molecule has 8 aromatic rings. The Bertz CT molecular complexity index is 3900. The van der Waals surface area contributed by atoms with Crippen molar-refractivity contribution in [2.24, 2.45) is 5.92 Å². The highest BCUT2D eigenvalue weighted by molar-refractivity contribution is 7.23. The third-order valence-corrected chi connectivity index (χ3v) is 17.9. The Labute approximate surface area is 500 Å². The molecule has 4 saturated heterocycles. The van der Waals surface area contributed by atoms with Crippen LogP contribution in [0.25, 0.3) is 54.5 Å². The number of thiophene rings is 1. The predicted molar refractivity (Wildman–Crippen MR) is 316 cm³/mol. The first-order valence-electron chi connectivity index (χ1n) is 28.4. The van der Waals surface area contributed by atoms with E-state index in [0.29, 0.717) is 66.6 Å². The number of nitrogens with one attached hydrogen (secondary N) is 2. The molecule has 3 aromatic heterocycles. The number of halogens is 5. The van der Waals surface area contributed by atoms with Crippen LogP contribution in [0.2, 0.25) is 5.02 Å². The Balaban J connectivity index is 0.846. The van der Waals surface area contributed by atoms with E-state index in [4.69, 9.17) is 41.5 Å². The molecule has 18 nitrogen and oxygen atoms in total. The molecule has 86 heavy (non-hydrogen) atoms. The van der Waals surface area contributed by atoms with E-state index in [1.807, 2.05) is 55.1 Å². The number of ether oxygens (including phenoxy) is 3. The molecule has 0 spiro atoms. The van der Waals surface area contributed by atoms with Crippen molar-refractivity contribution in [2.45, 2.75) is 101 Å². The van der Waals surface area contributed by atoms with Crippen LogP contribution in [-0.2, 0) is 27.1 Å². The molecule has 4 fully saturated rings. The summed E-state index contributed by atoms with van der Waals surface area (Å²) in [7, 11) is 0. The number of β-amino-alcohol motifs (C(OH)–C–C–N with tert-alkyl or cyclic N) is 1. The number of piperazine rings is 1. The maximum Gasteiger partial charge on any atom is 0.417 e. The summed E-state index contributed by atoms with van der Waals surface area (Å²) in [4.78, 5) is 41.7. The van der Waals surface area contributed by atoms with Crippen molar-refractivity contribution in [3.63, 3.8) is 0 Å². The van der Waals surface area contributed by atoms with Crippen LogP contribution in [0.15, 0.2) is 97.2 Å². The van der Waals surface area contributed by atoms with Gasteiger partial charge in [0.05, 0.1) is 54.0 Å². The van der Waals surface area contributed by atoms with E-state index in [2.05, 4.69) is 20.9 Å². The lowest BCUT2D eigenvalue weighted by molar-refractivity contribution is -0.142. The van der Waals surface area contributed by atoms with Gasteiger partial charge in [-0.15, -0.1) is 16.4 Å². The summed E-state index contributed by atoms with van der Waals surface area (Å²) in [5, 5.41) is 47.4. The SMILES string of the molecule is CC(C)[C@@H](C(=O)N1C[C@H](O)C[C@H]1C(=O)N[C@@H](CO)c1ccc(-c2ccccc2Cl)cc1)n1cc(-c2ccc(COc3c(-c4ccc(F)c5sc(N)c(C#N)c45)c(C(F)(F)F)cc4c(N5CC6CCC(C5)N6)nc(OC5CCOCC5)nc34)cc2)nn1. The molecular formula is C62H60ClF4N11O7S. The zero-order chi connectivity index (χ0) is 60.1. The molecule has 0 aliphatic carbocycles. The van der Waals surface area contributed by atoms with Gasteiger partial charge in [-0.25, -0.2) is 9.07 Å². The number of nitrogens with zero attached hydrogens (tertiary/aromatic N) is 8. The van der Waals surface area contributed by atoms with Gasteiger partial charge in [-0.2, -0.15) is 28.4 Å². The summed E-state index contributed by atoms with van der Waals surface area (Å²) in [6.45, 7) is 4.59. The van der Waals surface area contributed by atoms with Crippen molar-refractivity contribution in [1.82, 2.24) is 40.5 Å². The number of alkyl halides is 3. The van der Waals surface area contributed by atoms with Crippen LogP contribution in [0.1, 0.15) is 80.3 Å². The Morgan fingerprint density at radius 2 is 1.69 bits per heavy atom. The number of aromatic nitrogens is 5. The van der Waals surface area contributed by atoms with Crippen molar-refractivity contribution < 1.29 is 51.6 Å². The number of nitrogen functional groups attached to an aromatic ring is 1. The first-order valence-corrected chi connectivity index (χ1v) is 29.6. The number of anilines is 2. The minimum absolute atomic E-state index is 0.00810. The predicted octanol–water partition coefficient (Wildman–Crippen LogP) is 9.79. The number of carbonyl (C=O) groups excluding carboxylic acids is 2. The van der Waals surface area contributed by atoms with Crippen molar-refractivity contribution in [3.05, 3.63) is 130 Å². The number of likely N-dealkylation sites (tertiary alicyclic amines) is 1. The molecule has 7 heterocycles. The fourth-order valence-corrected chi connectivity index (χ4v) is 13.5. The molecule has 24 heteroatoms. The molecule has 446 valence electrons. The van der Waals surface area contributed by atoms with Gasteiger partial charge >= 0.3 is 12.2 Å². The van der Waals surface area contributed by atoms with E-state index in [1.54, 1.807) is 48.7 Å². The van der Waals surface area contributed by atoms with Crippen LogP contribution in [0.3, 0.4) is 0 Å². The van der Waals surface area contributed by atoms with E-state index in [0.717, 1.165) is 47.4 Å². The second-order valence-electron chi connectivity index (χ2n) is 22.6. The number of benzene rings is 5. The Kier molecular flexibility index (Phi) is 16.3. The number of hydrogen-bond acceptors (Lipinski definition) is 16. The number of rotatable bonds is 16. The minimum atomic E-state index is -5.03. The number of aliphatic hydroxyl groups excluding tert-OH is 2. The van der Waals surface area contributed by atoms with E-state index in [9.17, 15) is 25.1 Å². The number of amides is 2. The fraction of sp³-hybridized carbons (Fsp3) is 0.371. The van der Waals surface area contributed by atoms with Crippen LogP contribution in [0.5, 0.6) is 11.8 Å². The lowest BCUT2D eigenvalue weighted by Gasteiger charge is -2.35. The monoisotopic (exact) mass is 1210 g/mol. The van der Waals surface area contributed by atoms with Crippen molar-refractivity contribution in [1.29, 1.82) is 5.26 Å². The molecule has 0 radical (unpaired) electrons. The topological polar surface area (TPSA) is 239 Å². The van der Waals surface area contributed by atoms with Crippen LogP contribution >= 0.6 is 22.9 Å². The van der Waals surface area contributed by atoms with E-state index < -0.39 is 65.8 Å². The van der Waals surface area contributed by atoms with Gasteiger partial charge in [-0.1, -0.05) is 103 Å². The van der Waals surface area contributed by atoms with Gasteiger partial charge < -0.3 is 50.6 Å². The molecule has 5 aromatic carbocycles. The van der Waals surface area contributed by atoms with Crippen LogP contribution < -0.4 is 30.7 Å². The van der Waals surface area contributed by atoms with Gasteiger partial charge in [0.2, 0.25) is 11.8 Å². The maximum absolute atomic E-state index is 16.0. The fourth-order valence-electron chi connectivity index (χ4n) is 12.3. The molecule has 4 aliphatic heterocycles. The molecule has 4 aliphatic rings. The van der Waals surface area contributed by atoms with Crippen molar-refractivity contribution in [2.75, 3.05) is 50.1 Å². The third kappa shape index (κ3) is 11.5. The Morgan fingerprint density at radius 3 is 2.37 bits per heavy atom. The van der Waals surface area contributed by atoms with E-state index in [1.165, 1.54) is 15.6 Å². The summed E-state index contributed by atoms with van der Waals surface area (Å²) >= 11 is 7.18. The second kappa shape index (κ2) is 24.1. The van der Waals surface area contributed by atoms with Gasteiger partial charge in [0.25, 0.3) is 0 Å². The number of carbonyl (C=O) groups is 2. The molecular weight excluding hydrogens is 1150 g/mol.